The minimum Gasteiger partial charge on any atom is -0.494 e. The normalized spacial score (nSPS) is 19.2. The second-order valence-electron chi connectivity index (χ2n) is 9.39. The molecule has 4 aromatic rings. The number of nitrogens with zero attached hydrogens (tertiary/aromatic N) is 2. The van der Waals surface area contributed by atoms with Crippen LogP contribution in [0.2, 0.25) is 10.0 Å². The maximum Gasteiger partial charge on any atom is 0.246 e. The first kappa shape index (κ1) is 23.9. The van der Waals surface area contributed by atoms with Crippen molar-refractivity contribution < 1.29 is 14.3 Å². The van der Waals surface area contributed by atoms with E-state index in [1.165, 1.54) is 0 Å². The highest BCUT2D eigenvalue weighted by molar-refractivity contribution is 6.35. The summed E-state index contributed by atoms with van der Waals surface area (Å²) in [7, 11) is 0. The molecular formula is C29H25Cl2N3O3. The van der Waals surface area contributed by atoms with Crippen molar-refractivity contribution in [1.82, 2.24) is 14.8 Å². The number of carbonyl (C=O) groups excluding carboxylic acids is 2. The SMILES string of the molecule is CCOc1ccccc1[C@@H]1c2[nH]c3ccccc3c2C[C@H]2C(=O)N(Cc3ccc(Cl)cc3Cl)CC(=O)N12. The molecule has 37 heavy (non-hydrogen) atoms. The maximum atomic E-state index is 14.0. The average molecular weight is 534 g/mol. The Kier molecular flexibility index (Phi) is 6.09. The van der Waals surface area contributed by atoms with Crippen molar-refractivity contribution in [2.45, 2.75) is 32.0 Å². The lowest BCUT2D eigenvalue weighted by Crippen LogP contribution is -2.62. The van der Waals surface area contributed by atoms with E-state index in [2.05, 4.69) is 11.1 Å². The van der Waals surface area contributed by atoms with Crippen molar-refractivity contribution in [3.63, 3.8) is 0 Å². The molecule has 2 aliphatic heterocycles. The van der Waals surface area contributed by atoms with Crippen LogP contribution in [0, 0.1) is 0 Å². The summed E-state index contributed by atoms with van der Waals surface area (Å²) in [4.78, 5) is 34.7. The predicted molar refractivity (Wildman–Crippen MR) is 144 cm³/mol. The monoisotopic (exact) mass is 533 g/mol. The number of hydrogen-bond acceptors (Lipinski definition) is 3. The zero-order chi connectivity index (χ0) is 25.7. The summed E-state index contributed by atoms with van der Waals surface area (Å²) in [6.45, 7) is 2.64. The molecular weight excluding hydrogens is 509 g/mol. The summed E-state index contributed by atoms with van der Waals surface area (Å²) < 4.78 is 5.97. The van der Waals surface area contributed by atoms with Gasteiger partial charge in [0.05, 0.1) is 6.61 Å². The summed E-state index contributed by atoms with van der Waals surface area (Å²) in [6, 6.07) is 19.9. The smallest absolute Gasteiger partial charge is 0.246 e. The number of H-pyrrole nitrogens is 1. The van der Waals surface area contributed by atoms with Crippen LogP contribution in [0.25, 0.3) is 10.9 Å². The van der Waals surface area contributed by atoms with Crippen molar-refractivity contribution in [3.05, 3.63) is 99.2 Å². The van der Waals surface area contributed by atoms with Crippen LogP contribution in [0.4, 0.5) is 0 Å². The minimum absolute atomic E-state index is 0.0306. The third kappa shape index (κ3) is 4.05. The van der Waals surface area contributed by atoms with Gasteiger partial charge in [0.1, 0.15) is 24.4 Å². The third-order valence-electron chi connectivity index (χ3n) is 7.23. The van der Waals surface area contributed by atoms with Gasteiger partial charge in [0.2, 0.25) is 11.8 Å². The zero-order valence-electron chi connectivity index (χ0n) is 20.2. The number of amides is 2. The van der Waals surface area contributed by atoms with E-state index >= 15 is 0 Å². The molecule has 188 valence electrons. The molecule has 6 rings (SSSR count). The van der Waals surface area contributed by atoms with Gasteiger partial charge in [0.15, 0.2) is 0 Å². The average Bonchev–Trinajstić information content (AvgIpc) is 3.26. The van der Waals surface area contributed by atoms with Gasteiger partial charge in [0, 0.05) is 45.2 Å². The van der Waals surface area contributed by atoms with Crippen molar-refractivity contribution >= 4 is 45.9 Å². The molecule has 2 aliphatic rings. The van der Waals surface area contributed by atoms with Crippen molar-refractivity contribution in [1.29, 1.82) is 0 Å². The summed E-state index contributed by atoms with van der Waals surface area (Å²) >= 11 is 12.5. The van der Waals surface area contributed by atoms with Crippen LogP contribution >= 0.6 is 23.2 Å². The van der Waals surface area contributed by atoms with E-state index in [1.807, 2.05) is 49.4 Å². The van der Waals surface area contributed by atoms with E-state index < -0.39 is 12.1 Å². The summed E-state index contributed by atoms with van der Waals surface area (Å²) in [6.07, 6.45) is 0.433. The zero-order valence-corrected chi connectivity index (χ0v) is 21.7. The van der Waals surface area contributed by atoms with Gasteiger partial charge < -0.3 is 19.5 Å². The standard InChI is InChI=1S/C29H25Cl2N3O3/c1-2-37-25-10-6-4-8-20(25)28-27-21(19-7-3-5-9-23(19)32-27)14-24-29(36)33(16-26(35)34(24)28)15-17-11-12-18(30)13-22(17)31/h3-13,24,28,32H,2,14-16H2,1H3/t24-,28+/m0/s1. The summed E-state index contributed by atoms with van der Waals surface area (Å²) in [5.41, 5.74) is 4.58. The Labute approximate surface area is 224 Å². The van der Waals surface area contributed by atoms with Crippen molar-refractivity contribution in [3.8, 4) is 5.75 Å². The fraction of sp³-hybridized carbons (Fsp3) is 0.241. The fourth-order valence-electron chi connectivity index (χ4n) is 5.63. The van der Waals surface area contributed by atoms with Crippen LogP contribution < -0.4 is 4.74 Å². The number of piperazine rings is 1. The predicted octanol–water partition coefficient (Wildman–Crippen LogP) is 5.76. The topological polar surface area (TPSA) is 65.6 Å². The number of carbonyl (C=O) groups is 2. The summed E-state index contributed by atoms with van der Waals surface area (Å²) in [5, 5.41) is 2.06. The maximum absolute atomic E-state index is 14.0. The Balaban J connectivity index is 1.46. The number of hydrogen-bond donors (Lipinski definition) is 1. The largest absolute Gasteiger partial charge is 0.494 e. The van der Waals surface area contributed by atoms with E-state index in [1.54, 1.807) is 28.0 Å². The molecule has 0 bridgehead atoms. The number of nitrogens with one attached hydrogen (secondary N) is 1. The molecule has 3 heterocycles. The number of halogens is 2. The van der Waals surface area contributed by atoms with Crippen molar-refractivity contribution in [2.24, 2.45) is 0 Å². The van der Waals surface area contributed by atoms with E-state index in [4.69, 9.17) is 27.9 Å². The van der Waals surface area contributed by atoms with E-state index in [0.29, 0.717) is 28.8 Å². The Bertz CT molecular complexity index is 1530. The molecule has 2 amide bonds. The van der Waals surface area contributed by atoms with Gasteiger partial charge in [0.25, 0.3) is 0 Å². The van der Waals surface area contributed by atoms with Crippen LogP contribution in [-0.2, 0) is 22.6 Å². The van der Waals surface area contributed by atoms with Crippen LogP contribution in [0.1, 0.15) is 35.3 Å². The van der Waals surface area contributed by atoms with Crippen LogP contribution in [0.15, 0.2) is 66.7 Å². The van der Waals surface area contributed by atoms with Gasteiger partial charge in [-0.1, -0.05) is 65.7 Å². The van der Waals surface area contributed by atoms with Gasteiger partial charge in [-0.15, -0.1) is 0 Å². The van der Waals surface area contributed by atoms with Gasteiger partial charge in [-0.2, -0.15) is 0 Å². The third-order valence-corrected chi connectivity index (χ3v) is 7.82. The van der Waals surface area contributed by atoms with Gasteiger partial charge in [-0.05, 0) is 42.3 Å². The molecule has 3 aromatic carbocycles. The van der Waals surface area contributed by atoms with Gasteiger partial charge >= 0.3 is 0 Å². The second-order valence-corrected chi connectivity index (χ2v) is 10.2. The molecule has 0 unspecified atom stereocenters. The number of aromatic amines is 1. The number of para-hydroxylation sites is 2. The number of fused-ring (bicyclic) bond motifs is 4. The highest BCUT2D eigenvalue weighted by Gasteiger charge is 2.48. The molecule has 8 heteroatoms. The molecule has 1 N–H and O–H groups in total. The highest BCUT2D eigenvalue weighted by Crippen LogP contribution is 2.45. The molecule has 1 fully saturated rings. The van der Waals surface area contributed by atoms with Crippen molar-refractivity contribution in [2.75, 3.05) is 13.2 Å². The number of benzene rings is 3. The quantitative estimate of drug-likeness (QED) is 0.354. The Morgan fingerprint density at radius 1 is 1.03 bits per heavy atom. The Morgan fingerprint density at radius 2 is 1.81 bits per heavy atom. The van der Waals surface area contributed by atoms with Gasteiger partial charge in [-0.3, -0.25) is 9.59 Å². The van der Waals surface area contributed by atoms with Gasteiger partial charge in [-0.25, -0.2) is 0 Å². The molecule has 0 aliphatic carbocycles. The highest BCUT2D eigenvalue weighted by atomic mass is 35.5. The minimum atomic E-state index is -0.640. The van der Waals surface area contributed by atoms with E-state index in [0.717, 1.165) is 33.3 Å². The molecule has 6 nitrogen and oxygen atoms in total. The fourth-order valence-corrected chi connectivity index (χ4v) is 6.10. The molecule has 0 radical (unpaired) electrons. The van der Waals surface area contributed by atoms with Crippen LogP contribution in [0.5, 0.6) is 5.75 Å². The lowest BCUT2D eigenvalue weighted by Gasteiger charge is -2.47. The first-order valence-electron chi connectivity index (χ1n) is 12.3. The van der Waals surface area contributed by atoms with Crippen LogP contribution in [-0.4, -0.2) is 45.8 Å². The molecule has 1 aromatic heterocycles. The number of aromatic nitrogens is 1. The van der Waals surface area contributed by atoms with E-state index in [-0.39, 0.29) is 24.9 Å². The van der Waals surface area contributed by atoms with Crippen LogP contribution in [0.3, 0.4) is 0 Å². The second kappa shape index (κ2) is 9.43. The number of ether oxygens (including phenoxy) is 1. The summed E-state index contributed by atoms with van der Waals surface area (Å²) in [5.74, 6) is 0.492. The lowest BCUT2D eigenvalue weighted by atomic mass is 9.85. The Hall–Kier alpha value is -3.48. The first-order chi connectivity index (χ1) is 18.0. The number of rotatable bonds is 5. The lowest BCUT2D eigenvalue weighted by molar-refractivity contribution is -0.159. The molecule has 1 saturated heterocycles. The molecule has 0 saturated carbocycles. The molecule has 2 atom stereocenters. The Morgan fingerprint density at radius 3 is 2.62 bits per heavy atom. The first-order valence-corrected chi connectivity index (χ1v) is 13.1. The van der Waals surface area contributed by atoms with E-state index in [9.17, 15) is 9.59 Å². The molecule has 0 spiro atoms.